The molecule has 300 valence electrons. The third-order valence-electron chi connectivity index (χ3n) is 12.5. The summed E-state index contributed by atoms with van der Waals surface area (Å²) in [5, 5.41) is 5.52. The molecule has 7 nitrogen and oxygen atoms in total. The molecular weight excluding hydrogens is 668 g/mol. The topological polar surface area (TPSA) is 83.2 Å². The minimum absolute atomic E-state index is 0.0264. The van der Waals surface area contributed by atoms with Gasteiger partial charge in [0.1, 0.15) is 0 Å². The van der Waals surface area contributed by atoms with E-state index in [0.29, 0.717) is 17.5 Å². The fourth-order valence-corrected chi connectivity index (χ4v) is 9.11. The summed E-state index contributed by atoms with van der Waals surface area (Å²) in [6.45, 7) is 29.6. The lowest BCUT2D eigenvalue weighted by Gasteiger charge is -2.35. The van der Waals surface area contributed by atoms with E-state index < -0.39 is 0 Å². The number of pyridine rings is 1. The third kappa shape index (κ3) is 10.4. The Kier molecular flexibility index (Phi) is 16.8. The van der Waals surface area contributed by atoms with Crippen LogP contribution in [0.25, 0.3) is 22.2 Å². The van der Waals surface area contributed by atoms with Gasteiger partial charge in [0.05, 0.1) is 17.6 Å². The van der Waals surface area contributed by atoms with Crippen LogP contribution in [0.5, 0.6) is 0 Å². The largest absolute Gasteiger partial charge is 0.340 e. The van der Waals surface area contributed by atoms with Crippen molar-refractivity contribution in [3.8, 4) is 24.1 Å². The van der Waals surface area contributed by atoms with Crippen LogP contribution in [-0.2, 0) is 13.0 Å². The number of halogens is 1. The van der Waals surface area contributed by atoms with Gasteiger partial charge in [-0.3, -0.25) is 21.2 Å². The van der Waals surface area contributed by atoms with Gasteiger partial charge in [0.25, 0.3) is 0 Å². The summed E-state index contributed by atoms with van der Waals surface area (Å²) in [4.78, 5) is 5.02. The first-order chi connectivity index (χ1) is 25.6. The maximum absolute atomic E-state index is 14.5. The molecule has 3 saturated heterocycles. The summed E-state index contributed by atoms with van der Waals surface area (Å²) in [5.41, 5.74) is 22.0. The molecule has 0 aliphatic carbocycles. The molecule has 3 aliphatic rings. The van der Waals surface area contributed by atoms with Crippen molar-refractivity contribution in [1.82, 2.24) is 30.8 Å². The molecule has 6 rings (SSSR count). The SMILES string of the molecule is C#C.C1CCNNC1.CC.CCCC(C)(C)Cc1c(-c2cc(C3CCNC3N(C)F)cnc2[C@H](C)N)n(CC)c2ccc(B3CC(C)(C)C(C)(C)C3)cc12. The number of aryl methyl sites for hydroxylation is 1. The molecule has 0 amide bonds. The van der Waals surface area contributed by atoms with Crippen LogP contribution in [0.15, 0.2) is 30.5 Å². The number of hydrazine groups is 1. The number of likely N-dealkylation sites (N-methyl/N-ethyl adjacent to an activating group) is 1. The van der Waals surface area contributed by atoms with E-state index in [-0.39, 0.29) is 23.5 Å². The van der Waals surface area contributed by atoms with Gasteiger partial charge in [-0.15, -0.1) is 22.5 Å². The monoisotopic (exact) mass is 744 g/mol. The van der Waals surface area contributed by atoms with E-state index in [2.05, 4.69) is 113 Å². The number of rotatable bonds is 10. The van der Waals surface area contributed by atoms with Gasteiger partial charge in [0.15, 0.2) is 6.71 Å². The second-order valence-electron chi connectivity index (χ2n) is 17.7. The highest BCUT2D eigenvalue weighted by atomic mass is 19.2. The Morgan fingerprint density at radius 3 is 2.15 bits per heavy atom. The van der Waals surface area contributed by atoms with Crippen molar-refractivity contribution in [2.45, 2.75) is 152 Å². The van der Waals surface area contributed by atoms with Crippen LogP contribution in [0.1, 0.15) is 137 Å². The third-order valence-corrected chi connectivity index (χ3v) is 12.5. The maximum Gasteiger partial charge on any atom is 0.177 e. The van der Waals surface area contributed by atoms with Crippen LogP contribution in [0.4, 0.5) is 4.48 Å². The van der Waals surface area contributed by atoms with Gasteiger partial charge in [0, 0.05) is 61.3 Å². The molecule has 5 heterocycles. The second-order valence-corrected chi connectivity index (χ2v) is 17.7. The lowest BCUT2D eigenvalue weighted by atomic mass is 9.42. The van der Waals surface area contributed by atoms with Crippen molar-refractivity contribution >= 4 is 23.1 Å². The molecule has 2 unspecified atom stereocenters. The number of fused-ring (bicyclic) bond motifs is 1. The fourth-order valence-electron chi connectivity index (χ4n) is 9.11. The van der Waals surface area contributed by atoms with Crippen LogP contribution >= 0.6 is 0 Å². The fraction of sp³-hybridized carbons (Fsp3) is 0.667. The molecule has 0 spiro atoms. The summed E-state index contributed by atoms with van der Waals surface area (Å²) in [6.07, 6.45) is 18.8. The maximum atomic E-state index is 14.5. The predicted octanol–water partition coefficient (Wildman–Crippen LogP) is 9.25. The number of hydrogen-bond donors (Lipinski definition) is 4. The van der Waals surface area contributed by atoms with Crippen LogP contribution in [-0.4, -0.2) is 54.2 Å². The number of nitrogens with one attached hydrogen (secondary N) is 3. The van der Waals surface area contributed by atoms with E-state index in [1.807, 2.05) is 27.0 Å². The number of benzene rings is 1. The Labute approximate surface area is 329 Å². The predicted molar refractivity (Wildman–Crippen MR) is 233 cm³/mol. The van der Waals surface area contributed by atoms with Crippen LogP contribution < -0.4 is 27.4 Å². The minimum Gasteiger partial charge on any atom is -0.340 e. The Morgan fingerprint density at radius 2 is 1.65 bits per heavy atom. The smallest absolute Gasteiger partial charge is 0.177 e. The molecule has 3 aromatic rings. The van der Waals surface area contributed by atoms with Gasteiger partial charge < -0.3 is 10.3 Å². The minimum atomic E-state index is -0.353. The first-order valence-electron chi connectivity index (χ1n) is 20.9. The molecule has 3 aliphatic heterocycles. The molecule has 0 saturated carbocycles. The summed E-state index contributed by atoms with van der Waals surface area (Å²) in [6, 6.07) is 9.37. The van der Waals surface area contributed by atoms with Crippen LogP contribution in [0, 0.1) is 29.1 Å². The van der Waals surface area contributed by atoms with Gasteiger partial charge in [-0.2, -0.15) is 0 Å². The first kappa shape index (κ1) is 45.7. The van der Waals surface area contributed by atoms with Gasteiger partial charge in [-0.05, 0) is 92.0 Å². The zero-order valence-corrected chi connectivity index (χ0v) is 36.1. The number of hydrogen-bond acceptors (Lipinski definition) is 6. The molecule has 5 N–H and O–H groups in total. The zero-order chi connectivity index (χ0) is 40.4. The number of aromatic nitrogens is 2. The number of terminal acetylenes is 1. The Morgan fingerprint density at radius 1 is 1.04 bits per heavy atom. The standard InChI is InChI=1S/C37H57BFN5.C4H10N2.C2H6.C2H2/c1-11-16-35(4,5)20-30-28-19-26(38-22-36(6,7)37(8,9)23-38)13-14-31(28)44(12-2)33(30)29-18-25(21-42-32(29)24(3)40)27-15-17-41-34(27)43(10)39;1-2-4-6-5-3-1;2*1-2/h13-14,18-19,21,24,27,34,41H,11-12,15-17,20,22-23,40H2,1-10H3;5-6H,1-4H2;1-2H3;1-2H/t24-,27?,34?;;;/m0.../s1. The van der Waals surface area contributed by atoms with E-state index >= 15 is 0 Å². The highest BCUT2D eigenvalue weighted by Crippen LogP contribution is 2.53. The zero-order valence-electron chi connectivity index (χ0n) is 36.1. The van der Waals surface area contributed by atoms with E-state index in [1.54, 1.807) is 0 Å². The quantitative estimate of drug-likeness (QED) is 0.0942. The van der Waals surface area contributed by atoms with E-state index in [0.717, 1.165) is 73.8 Å². The summed E-state index contributed by atoms with van der Waals surface area (Å²) >= 11 is 0. The molecule has 3 fully saturated rings. The molecular formula is C45H75BFN7. The molecule has 0 radical (unpaired) electrons. The van der Waals surface area contributed by atoms with Crippen molar-refractivity contribution in [3.05, 3.63) is 47.3 Å². The molecule has 0 bridgehead atoms. The summed E-state index contributed by atoms with van der Waals surface area (Å²) < 4.78 is 17.0. The summed E-state index contributed by atoms with van der Waals surface area (Å²) in [5.74, 6) is 0.0264. The molecule has 9 heteroatoms. The van der Waals surface area contributed by atoms with E-state index in [4.69, 9.17) is 10.7 Å². The van der Waals surface area contributed by atoms with Crippen molar-refractivity contribution in [1.29, 1.82) is 0 Å². The van der Waals surface area contributed by atoms with Gasteiger partial charge in [0.2, 0.25) is 0 Å². The average Bonchev–Trinajstić information content (AvgIpc) is 3.82. The first-order valence-corrected chi connectivity index (χ1v) is 20.9. The van der Waals surface area contributed by atoms with E-state index in [9.17, 15) is 4.48 Å². The second kappa shape index (κ2) is 19.9. The lowest BCUT2D eigenvalue weighted by molar-refractivity contribution is -0.00523. The van der Waals surface area contributed by atoms with Crippen LogP contribution in [0.2, 0.25) is 12.6 Å². The Hall–Kier alpha value is -2.74. The molecule has 3 atom stereocenters. The van der Waals surface area contributed by atoms with Crippen molar-refractivity contribution in [2.75, 3.05) is 26.7 Å². The molecule has 2 aromatic heterocycles. The highest BCUT2D eigenvalue weighted by Gasteiger charge is 2.48. The number of nitrogens with two attached hydrogens (primary N) is 1. The summed E-state index contributed by atoms with van der Waals surface area (Å²) in [7, 11) is 1.51. The normalized spacial score (nSPS) is 21.1. The van der Waals surface area contributed by atoms with Gasteiger partial charge >= 0.3 is 0 Å². The Bertz CT molecular complexity index is 1610. The Balaban J connectivity index is 0.000000695. The highest BCUT2D eigenvalue weighted by molar-refractivity contribution is 6.74. The number of nitrogens with zero attached hydrogens (tertiary/aromatic N) is 3. The van der Waals surface area contributed by atoms with E-state index in [1.165, 1.54) is 60.2 Å². The molecule has 1 aromatic carbocycles. The van der Waals surface area contributed by atoms with Crippen molar-refractivity contribution in [2.24, 2.45) is 22.0 Å². The van der Waals surface area contributed by atoms with Crippen molar-refractivity contribution < 1.29 is 4.48 Å². The van der Waals surface area contributed by atoms with Gasteiger partial charge in [-0.1, -0.05) is 99.0 Å². The van der Waals surface area contributed by atoms with Crippen LogP contribution in [0.3, 0.4) is 0 Å². The van der Waals surface area contributed by atoms with Gasteiger partial charge in [-0.25, -0.2) is 0 Å². The molecule has 54 heavy (non-hydrogen) atoms. The lowest BCUT2D eigenvalue weighted by Crippen LogP contribution is -2.37. The van der Waals surface area contributed by atoms with Crippen molar-refractivity contribution in [3.63, 3.8) is 0 Å². The average molecular weight is 744 g/mol.